The molecule has 0 bridgehead atoms. The molecule has 0 amide bonds. The number of hydrogen-bond donors (Lipinski definition) is 1. The van der Waals surface area contributed by atoms with Crippen LogP contribution in [0.5, 0.6) is 5.75 Å². The van der Waals surface area contributed by atoms with Crippen molar-refractivity contribution < 1.29 is 4.74 Å². The lowest BCUT2D eigenvalue weighted by atomic mass is 10.1. The first-order chi connectivity index (χ1) is 8.11. The van der Waals surface area contributed by atoms with E-state index in [9.17, 15) is 0 Å². The van der Waals surface area contributed by atoms with Gasteiger partial charge >= 0.3 is 0 Å². The molecule has 3 heteroatoms. The second-order valence-corrected chi connectivity index (χ2v) is 5.06. The van der Waals surface area contributed by atoms with Gasteiger partial charge in [0.25, 0.3) is 0 Å². The number of ether oxygens (including phenoxy) is 1. The highest BCUT2D eigenvalue weighted by atomic mass is 16.5. The molecule has 0 spiro atoms. The maximum Gasteiger partial charge on any atom is 0.125 e. The van der Waals surface area contributed by atoms with Gasteiger partial charge in [-0.25, -0.2) is 0 Å². The third-order valence-corrected chi connectivity index (χ3v) is 3.73. The topological polar surface area (TPSA) is 38.5 Å². The van der Waals surface area contributed by atoms with Gasteiger partial charge in [0, 0.05) is 29.9 Å². The van der Waals surface area contributed by atoms with E-state index in [0.29, 0.717) is 6.04 Å². The molecule has 1 unspecified atom stereocenters. The Bertz CT molecular complexity index is 388. The lowest BCUT2D eigenvalue weighted by Crippen LogP contribution is -2.30. The highest BCUT2D eigenvalue weighted by Gasteiger charge is 2.30. The van der Waals surface area contributed by atoms with Crippen molar-refractivity contribution in [2.45, 2.75) is 32.4 Å². The van der Waals surface area contributed by atoms with Crippen molar-refractivity contribution in [3.63, 3.8) is 0 Å². The quantitative estimate of drug-likeness (QED) is 0.796. The van der Waals surface area contributed by atoms with Crippen LogP contribution in [-0.4, -0.2) is 25.1 Å². The lowest BCUT2D eigenvalue weighted by Gasteiger charge is -2.25. The fraction of sp³-hybridized carbons (Fsp3) is 0.571. The van der Waals surface area contributed by atoms with Crippen LogP contribution < -0.4 is 10.5 Å². The van der Waals surface area contributed by atoms with E-state index in [4.69, 9.17) is 10.5 Å². The zero-order valence-electron chi connectivity index (χ0n) is 10.9. The van der Waals surface area contributed by atoms with Crippen LogP contribution >= 0.6 is 0 Å². The molecule has 1 aromatic rings. The minimum atomic E-state index is 0.650. The Balaban J connectivity index is 2.06. The van der Waals surface area contributed by atoms with E-state index in [1.54, 1.807) is 7.11 Å². The summed E-state index contributed by atoms with van der Waals surface area (Å²) < 4.78 is 5.38. The SMILES string of the molecule is COc1cc(N)ccc1CN(C)C(C)C1CC1. The summed E-state index contributed by atoms with van der Waals surface area (Å²) in [6.07, 6.45) is 2.76. The molecule has 0 aliphatic heterocycles. The summed E-state index contributed by atoms with van der Waals surface area (Å²) >= 11 is 0. The summed E-state index contributed by atoms with van der Waals surface area (Å²) in [5, 5.41) is 0. The average Bonchev–Trinajstić information content (AvgIpc) is 3.14. The van der Waals surface area contributed by atoms with E-state index < -0.39 is 0 Å². The van der Waals surface area contributed by atoms with Crippen LogP contribution in [0.15, 0.2) is 18.2 Å². The van der Waals surface area contributed by atoms with E-state index in [1.807, 2.05) is 12.1 Å². The molecule has 0 radical (unpaired) electrons. The standard InChI is InChI=1S/C14H22N2O/c1-10(11-4-5-11)16(2)9-12-6-7-13(15)8-14(12)17-3/h6-8,10-11H,4-5,9,15H2,1-3H3. The molecule has 17 heavy (non-hydrogen) atoms. The lowest BCUT2D eigenvalue weighted by molar-refractivity contribution is 0.223. The molecule has 3 nitrogen and oxygen atoms in total. The molecule has 0 aromatic heterocycles. The molecule has 1 atom stereocenters. The van der Waals surface area contributed by atoms with Crippen LogP contribution in [0, 0.1) is 5.92 Å². The molecule has 0 saturated heterocycles. The van der Waals surface area contributed by atoms with E-state index in [0.717, 1.165) is 23.9 Å². The third kappa shape index (κ3) is 2.91. The van der Waals surface area contributed by atoms with Crippen LogP contribution in [-0.2, 0) is 6.54 Å². The number of methoxy groups -OCH3 is 1. The van der Waals surface area contributed by atoms with Crippen molar-refractivity contribution in [1.82, 2.24) is 4.90 Å². The predicted octanol–water partition coefficient (Wildman–Crippen LogP) is 2.51. The van der Waals surface area contributed by atoms with Crippen LogP contribution in [0.2, 0.25) is 0 Å². The first-order valence-corrected chi connectivity index (χ1v) is 6.24. The maximum absolute atomic E-state index is 5.76. The number of nitrogen functional groups attached to an aromatic ring is 1. The maximum atomic E-state index is 5.76. The Morgan fingerprint density at radius 3 is 2.76 bits per heavy atom. The Morgan fingerprint density at radius 2 is 2.18 bits per heavy atom. The summed E-state index contributed by atoms with van der Waals surface area (Å²) in [6.45, 7) is 3.22. The number of nitrogens with two attached hydrogens (primary N) is 1. The van der Waals surface area contributed by atoms with E-state index >= 15 is 0 Å². The Hall–Kier alpha value is -1.22. The molecular weight excluding hydrogens is 212 g/mol. The van der Waals surface area contributed by atoms with Gasteiger partial charge < -0.3 is 10.5 Å². The van der Waals surface area contributed by atoms with Crippen LogP contribution in [0.25, 0.3) is 0 Å². The molecular formula is C14H22N2O. The van der Waals surface area contributed by atoms with Crippen molar-refractivity contribution in [1.29, 1.82) is 0 Å². The highest BCUT2D eigenvalue weighted by Crippen LogP contribution is 2.35. The van der Waals surface area contributed by atoms with Crippen LogP contribution in [0.1, 0.15) is 25.3 Å². The van der Waals surface area contributed by atoms with Crippen LogP contribution in [0.3, 0.4) is 0 Å². The molecule has 1 aromatic carbocycles. The normalized spacial score (nSPS) is 17.2. The van der Waals surface area contributed by atoms with Gasteiger partial charge in [0.15, 0.2) is 0 Å². The smallest absolute Gasteiger partial charge is 0.125 e. The van der Waals surface area contributed by atoms with Gasteiger partial charge in [-0.15, -0.1) is 0 Å². The highest BCUT2D eigenvalue weighted by molar-refractivity contribution is 5.48. The van der Waals surface area contributed by atoms with Gasteiger partial charge in [-0.1, -0.05) is 6.07 Å². The molecule has 0 heterocycles. The summed E-state index contributed by atoms with van der Waals surface area (Å²) in [5.74, 6) is 1.78. The van der Waals surface area contributed by atoms with E-state index in [2.05, 4.69) is 24.9 Å². The largest absolute Gasteiger partial charge is 0.496 e. The number of benzene rings is 1. The minimum Gasteiger partial charge on any atom is -0.496 e. The van der Waals surface area contributed by atoms with Gasteiger partial charge in [0.1, 0.15) is 5.75 Å². The summed E-state index contributed by atoms with van der Waals surface area (Å²) in [5.41, 5.74) is 7.72. The average molecular weight is 234 g/mol. The van der Waals surface area contributed by atoms with Gasteiger partial charge in [0.05, 0.1) is 7.11 Å². The molecule has 1 aliphatic rings. The van der Waals surface area contributed by atoms with Gasteiger partial charge in [-0.2, -0.15) is 0 Å². The first-order valence-electron chi connectivity index (χ1n) is 6.24. The van der Waals surface area contributed by atoms with Crippen LogP contribution in [0.4, 0.5) is 5.69 Å². The van der Waals surface area contributed by atoms with Crippen molar-refractivity contribution in [3.05, 3.63) is 23.8 Å². The third-order valence-electron chi connectivity index (χ3n) is 3.73. The Labute approximate surface area is 104 Å². The van der Waals surface area contributed by atoms with Crippen molar-refractivity contribution in [3.8, 4) is 5.75 Å². The summed E-state index contributed by atoms with van der Waals surface area (Å²) in [6, 6.07) is 6.54. The molecule has 94 valence electrons. The minimum absolute atomic E-state index is 0.650. The van der Waals surface area contributed by atoms with E-state index in [1.165, 1.54) is 18.4 Å². The van der Waals surface area contributed by atoms with Crippen molar-refractivity contribution >= 4 is 5.69 Å². The number of anilines is 1. The first kappa shape index (κ1) is 12.2. The van der Waals surface area contributed by atoms with Gasteiger partial charge in [0.2, 0.25) is 0 Å². The van der Waals surface area contributed by atoms with Gasteiger partial charge in [-0.05, 0) is 38.8 Å². The zero-order valence-corrected chi connectivity index (χ0v) is 10.9. The fourth-order valence-corrected chi connectivity index (χ4v) is 2.24. The van der Waals surface area contributed by atoms with Crippen molar-refractivity contribution in [2.24, 2.45) is 5.92 Å². The molecule has 2 N–H and O–H groups in total. The summed E-state index contributed by atoms with van der Waals surface area (Å²) in [4.78, 5) is 2.39. The number of rotatable bonds is 5. The molecule has 1 saturated carbocycles. The second kappa shape index (κ2) is 4.96. The van der Waals surface area contributed by atoms with Gasteiger partial charge in [-0.3, -0.25) is 4.90 Å². The monoisotopic (exact) mass is 234 g/mol. The van der Waals surface area contributed by atoms with E-state index in [-0.39, 0.29) is 0 Å². The fourth-order valence-electron chi connectivity index (χ4n) is 2.24. The Morgan fingerprint density at radius 1 is 1.47 bits per heavy atom. The van der Waals surface area contributed by atoms with Crippen molar-refractivity contribution in [2.75, 3.05) is 19.9 Å². The molecule has 1 fully saturated rings. The molecule has 2 rings (SSSR count). The Kier molecular flexibility index (Phi) is 3.57. The number of nitrogens with zero attached hydrogens (tertiary/aromatic N) is 1. The second-order valence-electron chi connectivity index (χ2n) is 5.06. The zero-order chi connectivity index (χ0) is 12.4. The number of hydrogen-bond acceptors (Lipinski definition) is 3. The molecule has 1 aliphatic carbocycles. The summed E-state index contributed by atoms with van der Waals surface area (Å²) in [7, 11) is 3.88. The predicted molar refractivity (Wildman–Crippen MR) is 71.1 cm³/mol.